The fourth-order valence-electron chi connectivity index (χ4n) is 2.90. The van der Waals surface area contributed by atoms with Gasteiger partial charge in [-0.25, -0.2) is 4.68 Å². The summed E-state index contributed by atoms with van der Waals surface area (Å²) in [5, 5.41) is 13.0. The summed E-state index contributed by atoms with van der Waals surface area (Å²) in [4.78, 5) is 0. The second-order valence-corrected chi connectivity index (χ2v) is 5.91. The molecule has 0 aliphatic rings. The van der Waals surface area contributed by atoms with Gasteiger partial charge in [0.05, 0.1) is 19.9 Å². The summed E-state index contributed by atoms with van der Waals surface area (Å²) in [7, 11) is 1.65. The van der Waals surface area contributed by atoms with E-state index < -0.39 is 0 Å². The smallest absolute Gasteiger partial charge is 0.141 e. The average molecular weight is 361 g/mol. The molecule has 0 unspecified atom stereocenters. The lowest BCUT2D eigenvalue weighted by Gasteiger charge is -2.09. The van der Waals surface area contributed by atoms with E-state index in [2.05, 4.69) is 38.2 Å². The summed E-state index contributed by atoms with van der Waals surface area (Å²) in [6.45, 7) is 1.27. The normalized spacial score (nSPS) is 11.3. The molecule has 0 aliphatic heterocycles. The number of fused-ring (bicyclic) bond motifs is 1. The van der Waals surface area contributed by atoms with Gasteiger partial charge >= 0.3 is 0 Å². The van der Waals surface area contributed by atoms with Crippen LogP contribution in [0.3, 0.4) is 0 Å². The number of benzene rings is 2. The van der Waals surface area contributed by atoms with Gasteiger partial charge in [-0.05, 0) is 18.2 Å². The predicted octanol–water partition coefficient (Wildman–Crippen LogP) is 3.20. The molecule has 4 aromatic rings. The van der Waals surface area contributed by atoms with E-state index in [1.165, 1.54) is 0 Å². The molecule has 0 N–H and O–H groups in total. The van der Waals surface area contributed by atoms with Gasteiger partial charge in [0.25, 0.3) is 0 Å². The molecule has 4 rings (SSSR count). The number of hydrogen-bond donors (Lipinski definition) is 0. The summed E-state index contributed by atoms with van der Waals surface area (Å²) in [5.74, 6) is 1.58. The Morgan fingerprint density at radius 3 is 2.70 bits per heavy atom. The first-order valence-corrected chi connectivity index (χ1v) is 8.57. The number of para-hydroxylation sites is 1. The first-order chi connectivity index (χ1) is 13.3. The molecule has 0 amide bonds. The van der Waals surface area contributed by atoms with Crippen LogP contribution in [-0.2, 0) is 6.54 Å². The summed E-state index contributed by atoms with van der Waals surface area (Å²) in [5.41, 5.74) is 2.16. The van der Waals surface area contributed by atoms with Crippen LogP contribution < -0.4 is 9.47 Å². The fraction of sp³-hybridized carbons (Fsp3) is 0.150. The molecule has 0 aliphatic carbocycles. The Balaban J connectivity index is 1.51. The van der Waals surface area contributed by atoms with Crippen LogP contribution in [-0.4, -0.2) is 39.4 Å². The van der Waals surface area contributed by atoms with Crippen LogP contribution >= 0.6 is 0 Å². The predicted molar refractivity (Wildman–Crippen MR) is 103 cm³/mol. The maximum atomic E-state index is 5.87. The number of rotatable bonds is 7. The van der Waals surface area contributed by atoms with Crippen LogP contribution in [0.1, 0.15) is 5.56 Å². The first kappa shape index (κ1) is 16.8. The van der Waals surface area contributed by atoms with Gasteiger partial charge in [0.1, 0.15) is 30.8 Å². The van der Waals surface area contributed by atoms with Gasteiger partial charge in [-0.2, -0.15) is 5.10 Å². The maximum Gasteiger partial charge on any atom is 0.141 e. The van der Waals surface area contributed by atoms with E-state index in [9.17, 15) is 0 Å². The van der Waals surface area contributed by atoms with Gasteiger partial charge < -0.3 is 14.0 Å². The van der Waals surface area contributed by atoms with Gasteiger partial charge in [-0.3, -0.25) is 0 Å². The van der Waals surface area contributed by atoms with Crippen molar-refractivity contribution in [3.63, 3.8) is 0 Å². The van der Waals surface area contributed by atoms with Crippen molar-refractivity contribution in [3.8, 4) is 11.5 Å². The van der Waals surface area contributed by atoms with Crippen molar-refractivity contribution < 1.29 is 9.47 Å². The lowest BCUT2D eigenvalue weighted by atomic mass is 10.2. The Kier molecular flexibility index (Phi) is 4.82. The summed E-state index contributed by atoms with van der Waals surface area (Å²) >= 11 is 0. The number of ether oxygens (including phenoxy) is 2. The minimum Gasteiger partial charge on any atom is -0.497 e. The second kappa shape index (κ2) is 7.74. The van der Waals surface area contributed by atoms with Gasteiger partial charge in [0, 0.05) is 28.7 Å². The molecule has 2 aromatic carbocycles. The molecule has 7 heteroatoms. The van der Waals surface area contributed by atoms with Gasteiger partial charge in [-0.1, -0.05) is 24.3 Å². The van der Waals surface area contributed by atoms with Crippen LogP contribution in [0.5, 0.6) is 11.5 Å². The molecule has 0 fully saturated rings. The number of methoxy groups -OCH3 is 1. The Morgan fingerprint density at radius 1 is 1.04 bits per heavy atom. The van der Waals surface area contributed by atoms with Crippen molar-refractivity contribution in [2.45, 2.75) is 6.54 Å². The fourth-order valence-corrected chi connectivity index (χ4v) is 2.90. The molecule has 0 bridgehead atoms. The molecule has 27 heavy (non-hydrogen) atoms. The largest absolute Gasteiger partial charge is 0.497 e. The maximum absolute atomic E-state index is 5.87. The lowest BCUT2D eigenvalue weighted by Crippen LogP contribution is -2.07. The Bertz CT molecular complexity index is 1050. The quantitative estimate of drug-likeness (QED) is 0.474. The number of nitrogens with zero attached hydrogens (tertiary/aromatic N) is 5. The zero-order valence-electron chi connectivity index (χ0n) is 14.9. The highest BCUT2D eigenvalue weighted by Crippen LogP contribution is 2.21. The van der Waals surface area contributed by atoms with E-state index in [1.807, 2.05) is 42.6 Å². The van der Waals surface area contributed by atoms with Crippen LogP contribution in [0, 0.1) is 0 Å². The van der Waals surface area contributed by atoms with Crippen LogP contribution in [0.4, 0.5) is 0 Å². The lowest BCUT2D eigenvalue weighted by molar-refractivity contribution is 0.298. The van der Waals surface area contributed by atoms with E-state index in [0.717, 1.165) is 34.5 Å². The summed E-state index contributed by atoms with van der Waals surface area (Å²) < 4.78 is 14.8. The van der Waals surface area contributed by atoms with Crippen molar-refractivity contribution in [2.24, 2.45) is 5.10 Å². The Morgan fingerprint density at radius 2 is 1.85 bits per heavy atom. The van der Waals surface area contributed by atoms with E-state index in [4.69, 9.17) is 9.47 Å². The van der Waals surface area contributed by atoms with E-state index >= 15 is 0 Å². The highest BCUT2D eigenvalue weighted by atomic mass is 16.5. The minimum absolute atomic E-state index is 0.549. The molecule has 7 nitrogen and oxygen atoms in total. The zero-order valence-corrected chi connectivity index (χ0v) is 14.9. The van der Waals surface area contributed by atoms with Gasteiger partial charge in [0.2, 0.25) is 0 Å². The van der Waals surface area contributed by atoms with Gasteiger partial charge in [0.15, 0.2) is 0 Å². The summed E-state index contributed by atoms with van der Waals surface area (Å²) in [6, 6.07) is 15.8. The highest BCUT2D eigenvalue weighted by molar-refractivity contribution is 5.99. The third-order valence-electron chi connectivity index (χ3n) is 4.20. The van der Waals surface area contributed by atoms with E-state index in [-0.39, 0.29) is 0 Å². The van der Waals surface area contributed by atoms with Crippen molar-refractivity contribution >= 4 is 17.1 Å². The molecule has 2 heterocycles. The topological polar surface area (TPSA) is 66.5 Å². The number of hydrogen-bond acceptors (Lipinski definition) is 5. The van der Waals surface area contributed by atoms with E-state index in [0.29, 0.717) is 6.61 Å². The van der Waals surface area contributed by atoms with Crippen LogP contribution in [0.25, 0.3) is 10.9 Å². The van der Waals surface area contributed by atoms with Crippen LogP contribution in [0.15, 0.2) is 72.5 Å². The van der Waals surface area contributed by atoms with Gasteiger partial charge in [-0.15, -0.1) is 10.2 Å². The van der Waals surface area contributed by atoms with Crippen molar-refractivity contribution in [2.75, 3.05) is 13.7 Å². The molecular weight excluding hydrogens is 342 g/mol. The molecule has 0 saturated heterocycles. The molecule has 2 aromatic heterocycles. The third-order valence-corrected chi connectivity index (χ3v) is 4.20. The SMILES string of the molecule is COc1cccc(OCCn2cc(/C=N/n3cnnc3)c3ccccc32)c1. The molecule has 0 atom stereocenters. The molecule has 0 saturated carbocycles. The summed E-state index contributed by atoms with van der Waals surface area (Å²) in [6.07, 6.45) is 6.99. The average Bonchev–Trinajstić information content (AvgIpc) is 3.35. The monoisotopic (exact) mass is 361 g/mol. The van der Waals surface area contributed by atoms with Crippen molar-refractivity contribution in [3.05, 3.63) is 72.9 Å². The highest BCUT2D eigenvalue weighted by Gasteiger charge is 2.07. The second-order valence-electron chi connectivity index (χ2n) is 5.91. The minimum atomic E-state index is 0.549. The molecular formula is C20H19N5O2. The molecule has 0 radical (unpaired) electrons. The van der Waals surface area contributed by atoms with E-state index in [1.54, 1.807) is 24.4 Å². The third kappa shape index (κ3) is 3.82. The molecule has 136 valence electrons. The van der Waals surface area contributed by atoms with Crippen LogP contribution in [0.2, 0.25) is 0 Å². The number of aromatic nitrogens is 4. The van der Waals surface area contributed by atoms with Crippen molar-refractivity contribution in [1.82, 2.24) is 19.4 Å². The van der Waals surface area contributed by atoms with Crippen molar-refractivity contribution in [1.29, 1.82) is 0 Å². The Hall–Kier alpha value is -3.61. The molecule has 0 spiro atoms. The standard InChI is InChI=1S/C20H19N5O2/c1-26-17-5-4-6-18(11-17)27-10-9-24-13-16(12-23-25-14-21-22-15-25)19-7-2-3-8-20(19)24/h2-8,11-15H,9-10H2,1H3/b23-12+. The zero-order chi connectivity index (χ0) is 18.5. The first-order valence-electron chi connectivity index (χ1n) is 8.57. The Labute approximate surface area is 156 Å².